The average molecular weight is 451 g/mol. The number of ether oxygens (including phenoxy) is 5. The number of methoxy groups -OCH3 is 2. The normalized spacial score (nSPS) is 18.6. The van der Waals surface area contributed by atoms with Crippen LogP contribution in [0, 0.1) is 0 Å². The second-order valence-electron chi connectivity index (χ2n) is 7.94. The van der Waals surface area contributed by atoms with Crippen LogP contribution in [0.25, 0.3) is 0 Å². The number of carbonyl (C=O) groups is 2. The highest BCUT2D eigenvalue weighted by atomic mass is 16.5. The summed E-state index contributed by atoms with van der Waals surface area (Å²) in [5, 5.41) is 17.3. The van der Waals surface area contributed by atoms with Crippen LogP contribution in [0.15, 0.2) is 12.2 Å². The fourth-order valence-electron chi connectivity index (χ4n) is 2.07. The number of Topliss-reactive ketones (excluding diaryl/α,β-unsaturated/α-hetero) is 1. The Kier molecular flexibility index (Phi) is 17.7. The third-order valence-electron chi connectivity index (χ3n) is 4.36. The molecular weight excluding hydrogens is 408 g/mol. The SMILES string of the molecule is C=C(C)C(=O)O.COC(C)(C)C(=O)C(C)(C)OC.OC1CCCOCCOCCOC1. The van der Waals surface area contributed by atoms with Gasteiger partial charge in [0.2, 0.25) is 0 Å². The Bertz CT molecular complexity index is 473. The molecule has 1 atom stereocenters. The lowest BCUT2D eigenvalue weighted by molar-refractivity contribution is -0.156. The molecule has 0 aliphatic carbocycles. The van der Waals surface area contributed by atoms with Crippen molar-refractivity contribution in [3.05, 3.63) is 12.2 Å². The van der Waals surface area contributed by atoms with Crippen molar-refractivity contribution in [1.29, 1.82) is 0 Å². The summed E-state index contributed by atoms with van der Waals surface area (Å²) >= 11 is 0. The first kappa shape index (κ1) is 31.8. The van der Waals surface area contributed by atoms with Gasteiger partial charge in [0.25, 0.3) is 0 Å². The number of rotatable bonds is 5. The number of ketones is 1. The first-order chi connectivity index (χ1) is 14.3. The van der Waals surface area contributed by atoms with Crippen molar-refractivity contribution < 1.29 is 43.5 Å². The minimum atomic E-state index is -0.935. The van der Waals surface area contributed by atoms with Crippen molar-refractivity contribution in [2.45, 2.75) is 64.8 Å². The summed E-state index contributed by atoms with van der Waals surface area (Å²) in [6, 6.07) is 0. The second kappa shape index (κ2) is 17.2. The molecule has 0 saturated carbocycles. The molecule has 1 aliphatic rings. The number of carboxylic acid groups (broad SMARTS) is 1. The van der Waals surface area contributed by atoms with Gasteiger partial charge in [0.1, 0.15) is 11.2 Å². The molecule has 0 amide bonds. The predicted molar refractivity (Wildman–Crippen MR) is 117 cm³/mol. The van der Waals surface area contributed by atoms with Gasteiger partial charge in [0, 0.05) is 26.4 Å². The molecule has 31 heavy (non-hydrogen) atoms. The summed E-state index contributed by atoms with van der Waals surface area (Å²) in [5.74, 6) is -0.991. The fourth-order valence-corrected chi connectivity index (χ4v) is 2.07. The number of hydrogen-bond donors (Lipinski definition) is 2. The molecule has 184 valence electrons. The van der Waals surface area contributed by atoms with Gasteiger partial charge in [-0.15, -0.1) is 0 Å². The molecule has 9 nitrogen and oxygen atoms in total. The van der Waals surface area contributed by atoms with Crippen LogP contribution in [0.3, 0.4) is 0 Å². The summed E-state index contributed by atoms with van der Waals surface area (Å²) in [5.41, 5.74) is -1.38. The lowest BCUT2D eigenvalue weighted by atomic mass is 9.90. The first-order valence-electron chi connectivity index (χ1n) is 10.3. The van der Waals surface area contributed by atoms with Gasteiger partial charge in [0.15, 0.2) is 5.78 Å². The third-order valence-corrected chi connectivity index (χ3v) is 4.36. The van der Waals surface area contributed by atoms with E-state index in [1.54, 1.807) is 27.7 Å². The van der Waals surface area contributed by atoms with E-state index in [1.165, 1.54) is 21.1 Å². The maximum Gasteiger partial charge on any atom is 0.330 e. The molecular formula is C22H42O9. The van der Waals surface area contributed by atoms with E-state index in [2.05, 4.69) is 6.58 Å². The topological polar surface area (TPSA) is 121 Å². The maximum absolute atomic E-state index is 11.7. The monoisotopic (exact) mass is 450 g/mol. The zero-order valence-electron chi connectivity index (χ0n) is 20.2. The molecule has 9 heteroatoms. The average Bonchev–Trinajstić information content (AvgIpc) is 2.70. The van der Waals surface area contributed by atoms with Crippen LogP contribution >= 0.6 is 0 Å². The number of aliphatic carboxylic acids is 1. The van der Waals surface area contributed by atoms with Crippen molar-refractivity contribution in [3.8, 4) is 0 Å². The third kappa shape index (κ3) is 16.9. The van der Waals surface area contributed by atoms with E-state index < -0.39 is 17.2 Å². The van der Waals surface area contributed by atoms with E-state index in [0.29, 0.717) is 39.6 Å². The van der Waals surface area contributed by atoms with E-state index >= 15 is 0 Å². The number of carboxylic acids is 1. The minimum Gasteiger partial charge on any atom is -0.478 e. The second-order valence-corrected chi connectivity index (χ2v) is 7.94. The molecule has 1 aliphatic heterocycles. The van der Waals surface area contributed by atoms with Crippen molar-refractivity contribution in [2.24, 2.45) is 0 Å². The van der Waals surface area contributed by atoms with Crippen LogP contribution < -0.4 is 0 Å². The molecule has 1 unspecified atom stereocenters. The highest BCUT2D eigenvalue weighted by Gasteiger charge is 2.39. The molecule has 1 fully saturated rings. The highest BCUT2D eigenvalue weighted by Crippen LogP contribution is 2.20. The van der Waals surface area contributed by atoms with Crippen molar-refractivity contribution in [1.82, 2.24) is 0 Å². The predicted octanol–water partition coefficient (Wildman–Crippen LogP) is 2.24. The summed E-state index contributed by atoms with van der Waals surface area (Å²) in [6.07, 6.45) is 1.27. The molecule has 1 saturated heterocycles. The molecule has 0 aromatic rings. The van der Waals surface area contributed by atoms with Crippen LogP contribution in [0.4, 0.5) is 0 Å². The molecule has 0 radical (unpaired) electrons. The van der Waals surface area contributed by atoms with E-state index in [4.69, 9.17) is 28.8 Å². The summed E-state index contributed by atoms with van der Waals surface area (Å²) < 4.78 is 25.8. The van der Waals surface area contributed by atoms with Gasteiger partial charge < -0.3 is 33.9 Å². The Labute approximate surface area is 186 Å². The molecule has 1 rings (SSSR count). The van der Waals surface area contributed by atoms with Crippen molar-refractivity contribution in [3.63, 3.8) is 0 Å². The lowest BCUT2D eigenvalue weighted by Gasteiger charge is -2.30. The Balaban J connectivity index is 0. The fraction of sp³-hybridized carbons (Fsp3) is 0.818. The summed E-state index contributed by atoms with van der Waals surface area (Å²) in [7, 11) is 3.04. The van der Waals surface area contributed by atoms with Gasteiger partial charge in [-0.2, -0.15) is 0 Å². The highest BCUT2D eigenvalue weighted by molar-refractivity contribution is 5.93. The van der Waals surface area contributed by atoms with Crippen LogP contribution in [0.1, 0.15) is 47.5 Å². The van der Waals surface area contributed by atoms with Gasteiger partial charge in [-0.1, -0.05) is 6.58 Å². The summed E-state index contributed by atoms with van der Waals surface area (Å²) in [6.45, 7) is 15.0. The zero-order valence-corrected chi connectivity index (χ0v) is 20.2. The lowest BCUT2D eigenvalue weighted by Crippen LogP contribution is -2.48. The largest absolute Gasteiger partial charge is 0.478 e. The molecule has 0 spiro atoms. The number of hydrogen-bond acceptors (Lipinski definition) is 8. The van der Waals surface area contributed by atoms with E-state index in [9.17, 15) is 14.7 Å². The van der Waals surface area contributed by atoms with E-state index in [1.807, 2.05) is 0 Å². The summed E-state index contributed by atoms with van der Waals surface area (Å²) in [4.78, 5) is 21.3. The molecule has 0 bridgehead atoms. The van der Waals surface area contributed by atoms with Gasteiger partial charge >= 0.3 is 5.97 Å². The van der Waals surface area contributed by atoms with Crippen molar-refractivity contribution in [2.75, 3.05) is 53.9 Å². The quantitative estimate of drug-likeness (QED) is 0.607. The Morgan fingerprint density at radius 1 is 0.903 bits per heavy atom. The molecule has 0 aromatic carbocycles. The van der Waals surface area contributed by atoms with Crippen LogP contribution in [-0.2, 0) is 33.3 Å². The van der Waals surface area contributed by atoms with E-state index in [0.717, 1.165) is 12.8 Å². The number of aliphatic hydroxyl groups is 1. The first-order valence-corrected chi connectivity index (χ1v) is 10.3. The number of aliphatic hydroxyl groups excluding tert-OH is 1. The zero-order chi connectivity index (χ0) is 24.5. The standard InChI is InChI=1S/C9H18O4.C9H18O3.C4H6O2/c10-9-2-1-3-11-4-5-12-6-7-13-8-9;1-8(2,11-5)7(10)9(3,4)12-6;1-3(2)4(5)6/h9-10H,1-8H2;1-6H3;1H2,2H3,(H,5,6). The van der Waals surface area contributed by atoms with Crippen LogP contribution in [0.5, 0.6) is 0 Å². The van der Waals surface area contributed by atoms with Crippen molar-refractivity contribution >= 4 is 11.8 Å². The number of carbonyl (C=O) groups excluding carboxylic acids is 1. The van der Waals surface area contributed by atoms with Crippen LogP contribution in [-0.4, -0.2) is 93.1 Å². The van der Waals surface area contributed by atoms with Crippen LogP contribution in [0.2, 0.25) is 0 Å². The Morgan fingerprint density at radius 3 is 1.68 bits per heavy atom. The van der Waals surface area contributed by atoms with Gasteiger partial charge in [-0.05, 0) is 47.5 Å². The molecule has 0 aromatic heterocycles. The molecule has 2 N–H and O–H groups in total. The van der Waals surface area contributed by atoms with E-state index in [-0.39, 0.29) is 17.5 Å². The van der Waals surface area contributed by atoms with Gasteiger partial charge in [-0.3, -0.25) is 4.79 Å². The molecule has 1 heterocycles. The Hall–Kier alpha value is -1.36. The van der Waals surface area contributed by atoms with Gasteiger partial charge in [-0.25, -0.2) is 4.79 Å². The van der Waals surface area contributed by atoms with Gasteiger partial charge in [0.05, 0.1) is 39.1 Å². The Morgan fingerprint density at radius 2 is 1.29 bits per heavy atom. The minimum absolute atomic E-state index is 0.0556. The maximum atomic E-state index is 11.7. The smallest absolute Gasteiger partial charge is 0.330 e.